The molecule has 6 heteroatoms. The fraction of sp³-hybridized carbons (Fsp3) is 0.421. The fourth-order valence-corrected chi connectivity index (χ4v) is 2.76. The van der Waals surface area contributed by atoms with E-state index in [-0.39, 0.29) is 24.0 Å². The number of aliphatic imine (C=N–C) groups is 1. The SMILES string of the molecule is CN=C(NCc1ccccc1CN(C)C)N(C)Cc1cccn1C.I. The minimum Gasteiger partial charge on any atom is -0.353 e. The van der Waals surface area contributed by atoms with E-state index in [4.69, 9.17) is 0 Å². The first-order chi connectivity index (χ1) is 11.5. The second kappa shape index (κ2) is 10.5. The van der Waals surface area contributed by atoms with E-state index >= 15 is 0 Å². The van der Waals surface area contributed by atoms with E-state index < -0.39 is 0 Å². The molecule has 0 radical (unpaired) electrons. The molecule has 2 aromatic rings. The molecular weight excluding hydrogens is 425 g/mol. The first kappa shape index (κ1) is 21.5. The van der Waals surface area contributed by atoms with Crippen molar-refractivity contribution in [2.24, 2.45) is 12.0 Å². The van der Waals surface area contributed by atoms with Crippen molar-refractivity contribution < 1.29 is 0 Å². The van der Waals surface area contributed by atoms with Crippen LogP contribution in [0.25, 0.3) is 0 Å². The Balaban J connectivity index is 0.00000312. The maximum Gasteiger partial charge on any atom is 0.194 e. The van der Waals surface area contributed by atoms with Crippen LogP contribution in [0.3, 0.4) is 0 Å². The van der Waals surface area contributed by atoms with Crippen molar-refractivity contribution in [1.82, 2.24) is 19.7 Å². The van der Waals surface area contributed by atoms with Crippen LogP contribution in [0.1, 0.15) is 16.8 Å². The molecule has 138 valence electrons. The van der Waals surface area contributed by atoms with Crippen molar-refractivity contribution in [2.75, 3.05) is 28.2 Å². The molecule has 0 bridgehead atoms. The molecule has 0 aliphatic rings. The van der Waals surface area contributed by atoms with Crippen LogP contribution in [0.5, 0.6) is 0 Å². The normalized spacial score (nSPS) is 11.4. The number of nitrogens with one attached hydrogen (secondary N) is 1. The van der Waals surface area contributed by atoms with Crippen molar-refractivity contribution in [3.8, 4) is 0 Å². The van der Waals surface area contributed by atoms with Gasteiger partial charge in [-0.2, -0.15) is 0 Å². The average Bonchev–Trinajstić information content (AvgIpc) is 2.94. The second-order valence-electron chi connectivity index (χ2n) is 6.37. The molecule has 0 saturated heterocycles. The lowest BCUT2D eigenvalue weighted by molar-refractivity contribution is 0.400. The maximum atomic E-state index is 4.42. The number of guanidine groups is 1. The predicted molar refractivity (Wildman–Crippen MR) is 116 cm³/mol. The van der Waals surface area contributed by atoms with Crippen LogP contribution in [0.15, 0.2) is 47.6 Å². The zero-order valence-corrected chi connectivity index (χ0v) is 18.2. The fourth-order valence-electron chi connectivity index (χ4n) is 2.76. The zero-order chi connectivity index (χ0) is 17.5. The Bertz CT molecular complexity index is 678. The summed E-state index contributed by atoms with van der Waals surface area (Å²) >= 11 is 0. The maximum absolute atomic E-state index is 4.42. The highest BCUT2D eigenvalue weighted by atomic mass is 127. The van der Waals surface area contributed by atoms with E-state index in [2.05, 4.69) is 95.5 Å². The quantitative estimate of drug-likeness (QED) is 0.414. The van der Waals surface area contributed by atoms with Crippen molar-refractivity contribution in [3.63, 3.8) is 0 Å². The first-order valence-electron chi connectivity index (χ1n) is 8.24. The molecule has 0 aliphatic heterocycles. The van der Waals surface area contributed by atoms with Gasteiger partial charge in [0.05, 0.1) is 6.54 Å². The van der Waals surface area contributed by atoms with Gasteiger partial charge in [0.15, 0.2) is 5.96 Å². The third kappa shape index (κ3) is 6.36. The van der Waals surface area contributed by atoms with E-state index in [0.717, 1.165) is 25.6 Å². The van der Waals surface area contributed by atoms with Gasteiger partial charge in [-0.3, -0.25) is 4.99 Å². The van der Waals surface area contributed by atoms with Gasteiger partial charge in [0.2, 0.25) is 0 Å². The van der Waals surface area contributed by atoms with Crippen LogP contribution in [-0.4, -0.2) is 48.5 Å². The van der Waals surface area contributed by atoms with Crippen LogP contribution >= 0.6 is 24.0 Å². The molecule has 1 aromatic heterocycles. The van der Waals surface area contributed by atoms with E-state index in [1.54, 1.807) is 0 Å². The Hall–Kier alpha value is -1.54. The van der Waals surface area contributed by atoms with Crippen LogP contribution < -0.4 is 5.32 Å². The molecule has 0 saturated carbocycles. The minimum absolute atomic E-state index is 0. The number of hydrogen-bond acceptors (Lipinski definition) is 2. The molecule has 1 aromatic carbocycles. The number of nitrogens with zero attached hydrogens (tertiary/aromatic N) is 4. The van der Waals surface area contributed by atoms with Gasteiger partial charge in [-0.05, 0) is 37.4 Å². The molecule has 25 heavy (non-hydrogen) atoms. The third-order valence-electron chi connectivity index (χ3n) is 4.07. The summed E-state index contributed by atoms with van der Waals surface area (Å²) in [7, 11) is 10.1. The topological polar surface area (TPSA) is 35.8 Å². The molecule has 1 N–H and O–H groups in total. The largest absolute Gasteiger partial charge is 0.353 e. The van der Waals surface area contributed by atoms with E-state index in [0.29, 0.717) is 0 Å². The van der Waals surface area contributed by atoms with E-state index in [9.17, 15) is 0 Å². The highest BCUT2D eigenvalue weighted by Crippen LogP contribution is 2.11. The lowest BCUT2D eigenvalue weighted by atomic mass is 10.1. The second-order valence-corrected chi connectivity index (χ2v) is 6.37. The number of aromatic nitrogens is 1. The lowest BCUT2D eigenvalue weighted by Gasteiger charge is -2.23. The van der Waals surface area contributed by atoms with Gasteiger partial charge < -0.3 is 19.7 Å². The predicted octanol–water partition coefficient (Wildman–Crippen LogP) is 2.91. The smallest absolute Gasteiger partial charge is 0.194 e. The van der Waals surface area contributed by atoms with Gasteiger partial charge in [-0.25, -0.2) is 0 Å². The van der Waals surface area contributed by atoms with Gasteiger partial charge >= 0.3 is 0 Å². The Morgan fingerprint density at radius 2 is 1.72 bits per heavy atom. The summed E-state index contributed by atoms with van der Waals surface area (Å²) in [6.07, 6.45) is 2.07. The number of rotatable bonds is 6. The summed E-state index contributed by atoms with van der Waals surface area (Å²) in [5.74, 6) is 0.899. The molecule has 0 amide bonds. The van der Waals surface area contributed by atoms with Crippen LogP contribution in [0.4, 0.5) is 0 Å². The standard InChI is InChI=1S/C19H29N5.HI/c1-20-19(24(5)15-18-11-8-12-23(18)4)21-13-16-9-6-7-10-17(16)14-22(2)3;/h6-12H,13-15H2,1-5H3,(H,20,21);1H. The number of aryl methyl sites for hydroxylation is 1. The van der Waals surface area contributed by atoms with Crippen molar-refractivity contribution in [2.45, 2.75) is 19.6 Å². The third-order valence-corrected chi connectivity index (χ3v) is 4.07. The van der Waals surface area contributed by atoms with E-state index in [1.165, 1.54) is 16.8 Å². The Morgan fingerprint density at radius 3 is 2.28 bits per heavy atom. The average molecular weight is 455 g/mol. The van der Waals surface area contributed by atoms with Crippen LogP contribution in [-0.2, 0) is 26.7 Å². The summed E-state index contributed by atoms with van der Waals surface area (Å²) in [4.78, 5) is 8.75. The number of benzene rings is 1. The zero-order valence-electron chi connectivity index (χ0n) is 15.9. The Labute approximate surface area is 168 Å². The van der Waals surface area contributed by atoms with Gasteiger partial charge in [0, 0.05) is 46.1 Å². The first-order valence-corrected chi connectivity index (χ1v) is 8.24. The van der Waals surface area contributed by atoms with Crippen LogP contribution in [0.2, 0.25) is 0 Å². The monoisotopic (exact) mass is 455 g/mol. The minimum atomic E-state index is 0. The highest BCUT2D eigenvalue weighted by molar-refractivity contribution is 14.0. The molecule has 0 atom stereocenters. The van der Waals surface area contributed by atoms with E-state index in [1.807, 2.05) is 7.05 Å². The van der Waals surface area contributed by atoms with Crippen molar-refractivity contribution in [1.29, 1.82) is 0 Å². The lowest BCUT2D eigenvalue weighted by Crippen LogP contribution is -2.38. The van der Waals surface area contributed by atoms with Crippen molar-refractivity contribution >= 4 is 29.9 Å². The highest BCUT2D eigenvalue weighted by Gasteiger charge is 2.09. The molecule has 0 aliphatic carbocycles. The van der Waals surface area contributed by atoms with Gasteiger partial charge in [-0.1, -0.05) is 24.3 Å². The van der Waals surface area contributed by atoms with Gasteiger partial charge in [-0.15, -0.1) is 24.0 Å². The molecule has 0 fully saturated rings. The molecule has 5 nitrogen and oxygen atoms in total. The number of halogens is 1. The van der Waals surface area contributed by atoms with Gasteiger partial charge in [0.1, 0.15) is 0 Å². The summed E-state index contributed by atoms with van der Waals surface area (Å²) in [6.45, 7) is 2.53. The summed E-state index contributed by atoms with van der Waals surface area (Å²) < 4.78 is 2.14. The van der Waals surface area contributed by atoms with Gasteiger partial charge in [0.25, 0.3) is 0 Å². The summed E-state index contributed by atoms with van der Waals surface area (Å²) in [5, 5.41) is 3.48. The van der Waals surface area contributed by atoms with Crippen molar-refractivity contribution in [3.05, 3.63) is 59.4 Å². The Kier molecular flexibility index (Phi) is 8.99. The molecule has 1 heterocycles. The molecule has 2 rings (SSSR count). The number of hydrogen-bond donors (Lipinski definition) is 1. The summed E-state index contributed by atoms with van der Waals surface area (Å²) in [5.41, 5.74) is 3.91. The molecule has 0 unspecified atom stereocenters. The summed E-state index contributed by atoms with van der Waals surface area (Å²) in [6, 6.07) is 12.8. The molecule has 0 spiro atoms. The Morgan fingerprint density at radius 1 is 1.04 bits per heavy atom. The van der Waals surface area contributed by atoms with Crippen LogP contribution in [0, 0.1) is 0 Å². The molecular formula is C19H30IN5.